The predicted octanol–water partition coefficient (Wildman–Crippen LogP) is 2.12. The lowest BCUT2D eigenvalue weighted by atomic mass is 10.2. The van der Waals surface area contributed by atoms with Crippen LogP contribution in [0.5, 0.6) is 0 Å². The van der Waals surface area contributed by atoms with Crippen molar-refractivity contribution in [1.82, 2.24) is 4.98 Å². The van der Waals surface area contributed by atoms with Gasteiger partial charge < -0.3 is 4.98 Å². The van der Waals surface area contributed by atoms with E-state index in [0.717, 1.165) is 0 Å². The van der Waals surface area contributed by atoms with Crippen LogP contribution in [0.4, 0.5) is 10.2 Å². The van der Waals surface area contributed by atoms with Crippen molar-refractivity contribution in [2.75, 3.05) is 0 Å². The van der Waals surface area contributed by atoms with E-state index in [0.29, 0.717) is 10.9 Å². The molecule has 7 heteroatoms. The topological polar surface area (TPSA) is 85.2 Å². The summed E-state index contributed by atoms with van der Waals surface area (Å²) in [5, 5.41) is 10.9. The molecule has 0 fully saturated rings. The first-order chi connectivity index (χ1) is 7.61. The number of non-ortho nitro benzene ring substituents is 1. The van der Waals surface area contributed by atoms with Crippen LogP contribution in [-0.2, 0) is 4.94 Å². The van der Waals surface area contributed by atoms with E-state index in [1.165, 1.54) is 24.3 Å². The molecule has 1 aromatic heterocycles. The SMILES string of the molecule is O=C(OF)c1cc2cc([N+](=O)[O-])ccc2[nH]1. The number of fused-ring (bicyclic) bond motifs is 1. The van der Waals surface area contributed by atoms with E-state index in [1.54, 1.807) is 0 Å². The largest absolute Gasteiger partial charge is 0.395 e. The van der Waals surface area contributed by atoms with Gasteiger partial charge in [-0.1, -0.05) is 0 Å². The van der Waals surface area contributed by atoms with Gasteiger partial charge in [-0.2, -0.15) is 0 Å². The zero-order chi connectivity index (χ0) is 11.7. The van der Waals surface area contributed by atoms with Gasteiger partial charge in [-0.3, -0.25) is 10.1 Å². The van der Waals surface area contributed by atoms with Crippen molar-refractivity contribution >= 4 is 22.6 Å². The van der Waals surface area contributed by atoms with Crippen LogP contribution in [0.15, 0.2) is 24.3 Å². The summed E-state index contributed by atoms with van der Waals surface area (Å²) in [6, 6.07) is 5.27. The first-order valence-corrected chi connectivity index (χ1v) is 4.22. The molecule has 1 N–H and O–H groups in total. The van der Waals surface area contributed by atoms with E-state index >= 15 is 0 Å². The smallest absolute Gasteiger partial charge is 0.349 e. The van der Waals surface area contributed by atoms with E-state index in [2.05, 4.69) is 9.93 Å². The zero-order valence-corrected chi connectivity index (χ0v) is 7.77. The highest BCUT2D eigenvalue weighted by Crippen LogP contribution is 2.21. The first-order valence-electron chi connectivity index (χ1n) is 4.22. The number of aromatic amines is 1. The third-order valence-corrected chi connectivity index (χ3v) is 2.11. The molecule has 0 aliphatic heterocycles. The van der Waals surface area contributed by atoms with Gasteiger partial charge in [0.15, 0.2) is 0 Å². The van der Waals surface area contributed by atoms with Crippen molar-refractivity contribution in [1.29, 1.82) is 0 Å². The lowest BCUT2D eigenvalue weighted by molar-refractivity contribution is -0.384. The van der Waals surface area contributed by atoms with Crippen molar-refractivity contribution in [3.63, 3.8) is 0 Å². The molecule has 0 unspecified atom stereocenters. The van der Waals surface area contributed by atoms with Gasteiger partial charge in [0.05, 0.1) is 4.92 Å². The second-order valence-electron chi connectivity index (χ2n) is 3.08. The monoisotopic (exact) mass is 224 g/mol. The summed E-state index contributed by atoms with van der Waals surface area (Å²) < 4.78 is 11.6. The van der Waals surface area contributed by atoms with Crippen LogP contribution in [0.1, 0.15) is 10.5 Å². The van der Waals surface area contributed by atoms with Crippen molar-refractivity contribution < 1.29 is 19.2 Å². The summed E-state index contributed by atoms with van der Waals surface area (Å²) in [6.07, 6.45) is 0. The Bertz CT molecular complexity index is 578. The summed E-state index contributed by atoms with van der Waals surface area (Å²) in [5.74, 6) is -1.17. The fourth-order valence-corrected chi connectivity index (χ4v) is 1.39. The molecular formula is C9H5FN2O4. The minimum atomic E-state index is -1.17. The Balaban J connectivity index is 2.54. The third-order valence-electron chi connectivity index (χ3n) is 2.11. The standard InChI is InChI=1S/C9H5FN2O4/c10-16-9(13)8-4-5-3-6(12(14)15)1-2-7(5)11-8/h1-4,11H. The van der Waals surface area contributed by atoms with Crippen molar-refractivity contribution in [3.8, 4) is 0 Å². The van der Waals surface area contributed by atoms with Gasteiger partial charge in [0, 0.05) is 27.6 Å². The molecular weight excluding hydrogens is 219 g/mol. The van der Waals surface area contributed by atoms with Crippen LogP contribution in [0.3, 0.4) is 0 Å². The summed E-state index contributed by atoms with van der Waals surface area (Å²) >= 11 is 0. The number of H-pyrrole nitrogens is 1. The van der Waals surface area contributed by atoms with Crippen molar-refractivity contribution in [2.24, 2.45) is 0 Å². The number of carbonyl (C=O) groups excluding carboxylic acids is 1. The van der Waals surface area contributed by atoms with Crippen LogP contribution < -0.4 is 0 Å². The predicted molar refractivity (Wildman–Crippen MR) is 51.5 cm³/mol. The normalized spacial score (nSPS) is 10.3. The minimum Gasteiger partial charge on any atom is -0.349 e. The number of nitrogens with zero attached hydrogens (tertiary/aromatic N) is 1. The summed E-state index contributed by atoms with van der Waals surface area (Å²) in [6.45, 7) is 0. The van der Waals surface area contributed by atoms with E-state index in [4.69, 9.17) is 0 Å². The Labute approximate surface area is 87.7 Å². The molecule has 2 aromatic rings. The Hall–Kier alpha value is -2.44. The average molecular weight is 224 g/mol. The molecule has 1 aromatic carbocycles. The Morgan fingerprint density at radius 3 is 2.81 bits per heavy atom. The molecule has 82 valence electrons. The maximum Gasteiger partial charge on any atom is 0.395 e. The Morgan fingerprint density at radius 1 is 1.44 bits per heavy atom. The maximum atomic E-state index is 11.6. The van der Waals surface area contributed by atoms with Gasteiger partial charge in [0.25, 0.3) is 5.69 Å². The number of halogens is 1. The number of aromatic nitrogens is 1. The van der Waals surface area contributed by atoms with Crippen molar-refractivity contribution in [2.45, 2.75) is 0 Å². The number of nitro benzene ring substituents is 1. The summed E-state index contributed by atoms with van der Waals surface area (Å²) in [4.78, 5) is 26.4. The van der Waals surface area contributed by atoms with Gasteiger partial charge in [-0.15, -0.1) is 0 Å². The van der Waals surface area contributed by atoms with Crippen LogP contribution in [0.25, 0.3) is 10.9 Å². The lowest BCUT2D eigenvalue weighted by Gasteiger charge is -1.90. The van der Waals surface area contributed by atoms with Crippen molar-refractivity contribution in [3.05, 3.63) is 40.1 Å². The lowest BCUT2D eigenvalue weighted by Crippen LogP contribution is -1.97. The zero-order valence-electron chi connectivity index (χ0n) is 7.77. The number of hydrogen-bond acceptors (Lipinski definition) is 4. The maximum absolute atomic E-state index is 11.6. The molecule has 0 amide bonds. The molecule has 0 spiro atoms. The van der Waals surface area contributed by atoms with Crippen LogP contribution in [0, 0.1) is 10.1 Å². The molecule has 16 heavy (non-hydrogen) atoms. The quantitative estimate of drug-likeness (QED) is 0.625. The van der Waals surface area contributed by atoms with Gasteiger partial charge in [-0.05, 0) is 12.1 Å². The second kappa shape index (κ2) is 3.61. The number of carbonyl (C=O) groups is 1. The number of nitro groups is 1. The Kier molecular flexibility index (Phi) is 2.28. The van der Waals surface area contributed by atoms with E-state index in [1.807, 2.05) is 0 Å². The highest BCUT2D eigenvalue weighted by molar-refractivity contribution is 5.95. The summed E-state index contributed by atoms with van der Waals surface area (Å²) in [5.41, 5.74) is 0.288. The van der Waals surface area contributed by atoms with Crippen LogP contribution in [0.2, 0.25) is 0 Å². The molecule has 0 saturated heterocycles. The molecule has 0 atom stereocenters. The minimum absolute atomic E-state index is 0.0991. The van der Waals surface area contributed by atoms with Crippen LogP contribution in [-0.4, -0.2) is 15.9 Å². The molecule has 0 aliphatic rings. The summed E-state index contributed by atoms with van der Waals surface area (Å²) in [7, 11) is 0. The number of benzene rings is 1. The number of rotatable bonds is 2. The van der Waals surface area contributed by atoms with Crippen LogP contribution >= 0.6 is 0 Å². The molecule has 6 nitrogen and oxygen atoms in total. The van der Waals surface area contributed by atoms with Gasteiger partial charge in [0.2, 0.25) is 0 Å². The van der Waals surface area contributed by atoms with E-state index < -0.39 is 10.9 Å². The van der Waals surface area contributed by atoms with Gasteiger partial charge >= 0.3 is 5.97 Å². The fraction of sp³-hybridized carbons (Fsp3) is 0. The molecule has 0 bridgehead atoms. The molecule has 2 rings (SSSR count). The van der Waals surface area contributed by atoms with E-state index in [9.17, 15) is 19.4 Å². The fourth-order valence-electron chi connectivity index (χ4n) is 1.39. The molecule has 0 saturated carbocycles. The molecule has 0 radical (unpaired) electrons. The first kappa shape index (κ1) is 10.1. The number of nitrogens with one attached hydrogen (secondary N) is 1. The molecule has 0 aliphatic carbocycles. The molecule has 1 heterocycles. The van der Waals surface area contributed by atoms with Gasteiger partial charge in [-0.25, -0.2) is 9.74 Å². The average Bonchev–Trinajstić information content (AvgIpc) is 2.70. The van der Waals surface area contributed by atoms with Gasteiger partial charge in [0.1, 0.15) is 5.69 Å². The second-order valence-corrected chi connectivity index (χ2v) is 3.08. The Morgan fingerprint density at radius 2 is 2.19 bits per heavy atom. The highest BCUT2D eigenvalue weighted by atomic mass is 19.3. The highest BCUT2D eigenvalue weighted by Gasteiger charge is 2.13. The number of hydrogen-bond donors (Lipinski definition) is 1. The van der Waals surface area contributed by atoms with E-state index in [-0.39, 0.29) is 11.4 Å². The third kappa shape index (κ3) is 1.58.